The third-order valence-electron chi connectivity index (χ3n) is 4.68. The topological polar surface area (TPSA) is 58.2 Å². The minimum atomic E-state index is -0.503. The lowest BCUT2D eigenvalue weighted by Gasteiger charge is -2.18. The van der Waals surface area contributed by atoms with E-state index in [1.165, 1.54) is 11.8 Å². The molecule has 1 atom stereocenters. The van der Waals surface area contributed by atoms with Crippen LogP contribution in [-0.4, -0.2) is 11.8 Å². The molecule has 0 aliphatic heterocycles. The largest absolute Gasteiger partial charge is 0.326 e. The molecule has 7 heteroatoms. The number of halogens is 2. The van der Waals surface area contributed by atoms with Gasteiger partial charge in [0.2, 0.25) is 11.8 Å². The summed E-state index contributed by atoms with van der Waals surface area (Å²) < 4.78 is 0. The molecule has 0 fully saturated rings. The number of rotatable bonds is 9. The van der Waals surface area contributed by atoms with Crippen molar-refractivity contribution in [2.24, 2.45) is 0 Å². The Hall–Kier alpha value is -2.47. The van der Waals surface area contributed by atoms with Gasteiger partial charge >= 0.3 is 0 Å². The molecule has 166 valence electrons. The third-order valence-corrected chi connectivity index (χ3v) is 6.51. The van der Waals surface area contributed by atoms with E-state index < -0.39 is 5.25 Å². The van der Waals surface area contributed by atoms with E-state index in [1.54, 1.807) is 18.2 Å². The number of carbonyl (C=O) groups excluding carboxylic acids is 2. The van der Waals surface area contributed by atoms with Gasteiger partial charge in [-0.2, -0.15) is 0 Å². The normalized spacial score (nSPS) is 11.6. The smallest absolute Gasteiger partial charge is 0.242 e. The molecule has 32 heavy (non-hydrogen) atoms. The Morgan fingerprint density at radius 2 is 1.66 bits per heavy atom. The molecule has 0 aliphatic carbocycles. The van der Waals surface area contributed by atoms with Crippen LogP contribution in [0.15, 0.2) is 77.7 Å². The van der Waals surface area contributed by atoms with E-state index in [-0.39, 0.29) is 11.8 Å². The number of hydrogen-bond donors (Lipinski definition) is 2. The number of benzene rings is 3. The first kappa shape index (κ1) is 24.2. The summed E-state index contributed by atoms with van der Waals surface area (Å²) in [4.78, 5) is 26.0. The Morgan fingerprint density at radius 3 is 2.34 bits per heavy atom. The number of hydrogen-bond acceptors (Lipinski definition) is 3. The molecule has 0 saturated carbocycles. The van der Waals surface area contributed by atoms with Crippen LogP contribution < -0.4 is 10.6 Å². The Balaban J connectivity index is 1.76. The second-order valence-electron chi connectivity index (χ2n) is 7.20. The van der Waals surface area contributed by atoms with Crippen LogP contribution in [-0.2, 0) is 9.59 Å². The van der Waals surface area contributed by atoms with Crippen molar-refractivity contribution in [1.82, 2.24) is 0 Å². The molecule has 3 aromatic carbocycles. The van der Waals surface area contributed by atoms with E-state index in [9.17, 15) is 9.59 Å². The second-order valence-corrected chi connectivity index (χ2v) is 9.22. The maximum absolute atomic E-state index is 13.2. The van der Waals surface area contributed by atoms with Gasteiger partial charge in [-0.3, -0.25) is 9.59 Å². The van der Waals surface area contributed by atoms with Crippen LogP contribution in [0.3, 0.4) is 0 Å². The van der Waals surface area contributed by atoms with Gasteiger partial charge in [0.15, 0.2) is 0 Å². The van der Waals surface area contributed by atoms with Crippen molar-refractivity contribution >= 4 is 58.2 Å². The van der Waals surface area contributed by atoms with Crippen molar-refractivity contribution in [3.63, 3.8) is 0 Å². The average molecular weight is 487 g/mol. The first-order chi connectivity index (χ1) is 15.5. The molecule has 0 radical (unpaired) electrons. The Bertz CT molecular complexity index is 1060. The van der Waals surface area contributed by atoms with E-state index in [2.05, 4.69) is 17.6 Å². The Kier molecular flexibility index (Phi) is 9.03. The van der Waals surface area contributed by atoms with Crippen molar-refractivity contribution < 1.29 is 9.59 Å². The van der Waals surface area contributed by atoms with Gasteiger partial charge in [-0.15, -0.1) is 11.8 Å². The molecule has 0 heterocycles. The molecule has 3 aromatic rings. The van der Waals surface area contributed by atoms with Crippen molar-refractivity contribution in [3.05, 3.63) is 88.4 Å². The lowest BCUT2D eigenvalue weighted by molar-refractivity contribution is -0.116. The van der Waals surface area contributed by atoms with Crippen LogP contribution in [0.4, 0.5) is 11.4 Å². The molecule has 0 aromatic heterocycles. The van der Waals surface area contributed by atoms with Gasteiger partial charge in [-0.1, -0.05) is 66.9 Å². The van der Waals surface area contributed by atoms with Crippen LogP contribution >= 0.6 is 35.0 Å². The number of unbranched alkanes of at least 4 members (excludes halogenated alkanes) is 1. The highest BCUT2D eigenvalue weighted by atomic mass is 35.5. The molecule has 0 bridgehead atoms. The Labute approximate surface area is 202 Å². The van der Waals surface area contributed by atoms with Crippen LogP contribution in [0.5, 0.6) is 0 Å². The van der Waals surface area contributed by atoms with Crippen LogP contribution in [0.1, 0.15) is 37.0 Å². The SMILES string of the molecule is CCCCC(=O)Nc1ccc(SC(C(=O)Nc2cc(Cl)ccc2Cl)c2ccccc2)cc1. The fourth-order valence-electron chi connectivity index (χ4n) is 3.01. The Morgan fingerprint density at radius 1 is 0.938 bits per heavy atom. The van der Waals surface area contributed by atoms with E-state index >= 15 is 0 Å². The number of thioether (sulfide) groups is 1. The van der Waals surface area contributed by atoms with E-state index in [1.807, 2.05) is 54.6 Å². The summed E-state index contributed by atoms with van der Waals surface area (Å²) in [7, 11) is 0. The van der Waals surface area contributed by atoms with Gasteiger partial charge in [-0.05, 0) is 54.4 Å². The third kappa shape index (κ3) is 7.02. The number of nitrogens with one attached hydrogen (secondary N) is 2. The second kappa shape index (κ2) is 12.0. The van der Waals surface area contributed by atoms with E-state index in [0.717, 1.165) is 29.0 Å². The minimum absolute atomic E-state index is 0.00666. The highest BCUT2D eigenvalue weighted by Gasteiger charge is 2.23. The molecule has 0 spiro atoms. The lowest BCUT2D eigenvalue weighted by Crippen LogP contribution is -2.19. The lowest BCUT2D eigenvalue weighted by atomic mass is 10.1. The zero-order chi connectivity index (χ0) is 22.9. The van der Waals surface area contributed by atoms with Gasteiger partial charge in [-0.25, -0.2) is 0 Å². The monoisotopic (exact) mass is 486 g/mol. The standard InChI is InChI=1S/C25H24Cl2N2O2S/c1-2-3-9-23(30)28-19-11-13-20(14-12-19)32-24(17-7-5-4-6-8-17)25(31)29-22-16-18(26)10-15-21(22)27/h4-8,10-16,24H,2-3,9H2,1H3,(H,28,30)(H,29,31). The molecule has 2 N–H and O–H groups in total. The van der Waals surface area contributed by atoms with Gasteiger partial charge in [0.05, 0.1) is 10.7 Å². The molecular weight excluding hydrogens is 463 g/mol. The van der Waals surface area contributed by atoms with Gasteiger partial charge < -0.3 is 10.6 Å². The first-order valence-electron chi connectivity index (χ1n) is 10.3. The highest BCUT2D eigenvalue weighted by Crippen LogP contribution is 2.37. The predicted octanol–water partition coefficient (Wildman–Crippen LogP) is 7.59. The summed E-state index contributed by atoms with van der Waals surface area (Å²) in [5.74, 6) is -0.200. The fraction of sp³-hybridized carbons (Fsp3) is 0.200. The summed E-state index contributed by atoms with van der Waals surface area (Å²) in [6.45, 7) is 2.05. The average Bonchev–Trinajstić information content (AvgIpc) is 2.80. The van der Waals surface area contributed by atoms with Gasteiger partial charge in [0, 0.05) is 22.0 Å². The summed E-state index contributed by atoms with van der Waals surface area (Å²) >= 11 is 13.7. The number of amides is 2. The van der Waals surface area contributed by atoms with Gasteiger partial charge in [0.1, 0.15) is 5.25 Å². The number of carbonyl (C=O) groups is 2. The van der Waals surface area contributed by atoms with Crippen LogP contribution in [0, 0.1) is 0 Å². The molecule has 0 saturated heterocycles. The van der Waals surface area contributed by atoms with Crippen molar-refractivity contribution in [2.75, 3.05) is 10.6 Å². The quantitative estimate of drug-likeness (QED) is 0.306. The summed E-state index contributed by atoms with van der Waals surface area (Å²) in [6, 6.07) is 22.0. The molecule has 1 unspecified atom stereocenters. The molecule has 4 nitrogen and oxygen atoms in total. The highest BCUT2D eigenvalue weighted by molar-refractivity contribution is 8.00. The summed E-state index contributed by atoms with van der Waals surface area (Å²) in [6.07, 6.45) is 2.35. The van der Waals surface area contributed by atoms with Gasteiger partial charge in [0.25, 0.3) is 0 Å². The maximum atomic E-state index is 13.2. The molecule has 0 aliphatic rings. The summed E-state index contributed by atoms with van der Waals surface area (Å²) in [5, 5.41) is 6.20. The summed E-state index contributed by atoms with van der Waals surface area (Å²) in [5.41, 5.74) is 2.07. The predicted molar refractivity (Wildman–Crippen MR) is 135 cm³/mol. The number of anilines is 2. The van der Waals surface area contributed by atoms with Crippen LogP contribution in [0.25, 0.3) is 0 Å². The fourth-order valence-corrected chi connectivity index (χ4v) is 4.37. The minimum Gasteiger partial charge on any atom is -0.326 e. The van der Waals surface area contributed by atoms with E-state index in [0.29, 0.717) is 22.2 Å². The van der Waals surface area contributed by atoms with Crippen molar-refractivity contribution in [2.45, 2.75) is 36.3 Å². The van der Waals surface area contributed by atoms with Crippen molar-refractivity contribution in [1.29, 1.82) is 0 Å². The molecular formula is C25H24Cl2N2O2S. The molecule has 2 amide bonds. The van der Waals surface area contributed by atoms with Crippen LogP contribution in [0.2, 0.25) is 10.0 Å². The zero-order valence-electron chi connectivity index (χ0n) is 17.6. The van der Waals surface area contributed by atoms with Crippen molar-refractivity contribution in [3.8, 4) is 0 Å². The molecule has 3 rings (SSSR count). The zero-order valence-corrected chi connectivity index (χ0v) is 19.9. The maximum Gasteiger partial charge on any atom is 0.242 e. The first-order valence-corrected chi connectivity index (χ1v) is 12.0. The van der Waals surface area contributed by atoms with E-state index in [4.69, 9.17) is 23.2 Å².